The molecule has 2 atom stereocenters. The summed E-state index contributed by atoms with van der Waals surface area (Å²) in [7, 11) is 0. The molecular weight excluding hydrogens is 261 g/mol. The summed E-state index contributed by atoms with van der Waals surface area (Å²) in [5.41, 5.74) is 8.57. The van der Waals surface area contributed by atoms with E-state index in [4.69, 9.17) is 17.1 Å². The topological polar surface area (TPSA) is 89.2 Å². The van der Waals surface area contributed by atoms with Crippen LogP contribution in [0.5, 0.6) is 0 Å². The summed E-state index contributed by atoms with van der Waals surface area (Å²) >= 11 is 5.88. The van der Waals surface area contributed by atoms with Gasteiger partial charge in [0.2, 0.25) is 0 Å². The Kier molecular flexibility index (Phi) is 5.37. The minimum atomic E-state index is -1.32. The molecule has 0 saturated heterocycles. The van der Waals surface area contributed by atoms with Crippen LogP contribution < -0.4 is 0 Å². The highest BCUT2D eigenvalue weighted by molar-refractivity contribution is 6.31. The summed E-state index contributed by atoms with van der Waals surface area (Å²) in [6.07, 6.45) is -2.42. The van der Waals surface area contributed by atoms with Crippen LogP contribution in [0.15, 0.2) is 17.2 Å². The minimum Gasteiger partial charge on any atom is -0.390 e. The Hall–Kier alpha value is -1.33. The van der Waals surface area contributed by atoms with Gasteiger partial charge < -0.3 is 10.2 Å². The minimum absolute atomic E-state index is 0.0424. The first-order chi connectivity index (χ1) is 8.47. The molecule has 1 aromatic rings. The number of halogens is 2. The van der Waals surface area contributed by atoms with Crippen molar-refractivity contribution in [1.82, 2.24) is 0 Å². The van der Waals surface area contributed by atoms with Gasteiger partial charge in [-0.05, 0) is 36.6 Å². The van der Waals surface area contributed by atoms with Crippen LogP contribution >= 0.6 is 11.6 Å². The van der Waals surface area contributed by atoms with Crippen molar-refractivity contribution in [3.63, 3.8) is 0 Å². The van der Waals surface area contributed by atoms with Crippen molar-refractivity contribution in [1.29, 1.82) is 0 Å². The molecule has 0 fully saturated rings. The van der Waals surface area contributed by atoms with Gasteiger partial charge in [-0.25, -0.2) is 4.39 Å². The third-order valence-corrected chi connectivity index (χ3v) is 2.88. The summed E-state index contributed by atoms with van der Waals surface area (Å²) < 4.78 is 13.4. The summed E-state index contributed by atoms with van der Waals surface area (Å²) in [5.74, 6) is -0.504. The molecule has 0 heterocycles. The van der Waals surface area contributed by atoms with Gasteiger partial charge in [-0.2, -0.15) is 0 Å². The first-order valence-corrected chi connectivity index (χ1v) is 5.67. The molecule has 7 heteroatoms. The van der Waals surface area contributed by atoms with Crippen LogP contribution in [0.1, 0.15) is 23.7 Å². The highest BCUT2D eigenvalue weighted by Gasteiger charge is 2.21. The molecule has 2 N–H and O–H groups in total. The second-order valence-electron chi connectivity index (χ2n) is 3.88. The Balaban J connectivity index is 2.85. The quantitative estimate of drug-likeness (QED) is 0.491. The van der Waals surface area contributed by atoms with Crippen molar-refractivity contribution in [2.75, 3.05) is 6.54 Å². The average molecular weight is 274 g/mol. The number of aliphatic hydroxyl groups excluding tert-OH is 2. The second kappa shape index (κ2) is 6.56. The van der Waals surface area contributed by atoms with Gasteiger partial charge in [0.25, 0.3) is 0 Å². The van der Waals surface area contributed by atoms with Crippen LogP contribution in [0.4, 0.5) is 4.39 Å². The fourth-order valence-electron chi connectivity index (χ4n) is 1.49. The number of benzene rings is 1. The molecule has 0 aliphatic rings. The summed E-state index contributed by atoms with van der Waals surface area (Å²) in [6.45, 7) is 1.59. The lowest BCUT2D eigenvalue weighted by Crippen LogP contribution is -2.19. The number of rotatable bonds is 5. The molecule has 0 aromatic heterocycles. The summed E-state index contributed by atoms with van der Waals surface area (Å²) in [5, 5.41) is 22.9. The zero-order valence-corrected chi connectivity index (χ0v) is 10.5. The maximum Gasteiger partial charge on any atom is 0.126 e. The lowest BCUT2D eigenvalue weighted by atomic mass is 10.0. The van der Waals surface area contributed by atoms with Crippen LogP contribution in [0.25, 0.3) is 10.4 Å². The zero-order chi connectivity index (χ0) is 13.7. The van der Waals surface area contributed by atoms with Gasteiger partial charge in [0, 0.05) is 22.0 Å². The van der Waals surface area contributed by atoms with Gasteiger partial charge in [-0.1, -0.05) is 16.7 Å². The van der Waals surface area contributed by atoms with Crippen LogP contribution in [-0.2, 0) is 0 Å². The second-order valence-corrected chi connectivity index (χ2v) is 4.29. The lowest BCUT2D eigenvalue weighted by Gasteiger charge is -2.19. The molecule has 1 aromatic carbocycles. The van der Waals surface area contributed by atoms with E-state index in [1.54, 1.807) is 6.92 Å². The molecular formula is C11H13ClFN3O2. The van der Waals surface area contributed by atoms with E-state index in [1.807, 2.05) is 0 Å². The van der Waals surface area contributed by atoms with Gasteiger partial charge in [-0.3, -0.25) is 0 Å². The van der Waals surface area contributed by atoms with E-state index in [2.05, 4.69) is 10.0 Å². The van der Waals surface area contributed by atoms with E-state index in [0.29, 0.717) is 5.56 Å². The Bertz CT molecular complexity index is 478. The molecule has 0 aliphatic carbocycles. The average Bonchev–Trinajstić information content (AvgIpc) is 2.33. The molecule has 1 rings (SSSR count). The summed E-state index contributed by atoms with van der Waals surface area (Å²) in [4.78, 5) is 2.53. The number of azide groups is 1. The smallest absolute Gasteiger partial charge is 0.126 e. The lowest BCUT2D eigenvalue weighted by molar-refractivity contribution is 0.0149. The molecule has 0 aliphatic heterocycles. The number of aliphatic hydroxyl groups is 2. The normalized spacial score (nSPS) is 13.8. The summed E-state index contributed by atoms with van der Waals surface area (Å²) in [6, 6.07) is 2.48. The molecule has 0 spiro atoms. The van der Waals surface area contributed by atoms with E-state index in [0.717, 1.165) is 6.07 Å². The molecule has 5 nitrogen and oxygen atoms in total. The SMILES string of the molecule is Cc1cc(Cl)c(C(O)C(O)CCN=[N+]=[N-])cc1F. The van der Waals surface area contributed by atoms with E-state index in [9.17, 15) is 14.6 Å². The molecule has 18 heavy (non-hydrogen) atoms. The number of hydrogen-bond acceptors (Lipinski definition) is 3. The number of aryl methyl sites for hydroxylation is 1. The third kappa shape index (κ3) is 3.58. The van der Waals surface area contributed by atoms with Crippen LogP contribution in [0.3, 0.4) is 0 Å². The van der Waals surface area contributed by atoms with Crippen molar-refractivity contribution < 1.29 is 14.6 Å². The van der Waals surface area contributed by atoms with Crippen LogP contribution in [0, 0.1) is 12.7 Å². The van der Waals surface area contributed by atoms with Crippen LogP contribution in [-0.4, -0.2) is 22.9 Å². The Labute approximate surface area is 108 Å². The monoisotopic (exact) mass is 273 g/mol. The highest BCUT2D eigenvalue weighted by atomic mass is 35.5. The predicted molar refractivity (Wildman–Crippen MR) is 65.7 cm³/mol. The van der Waals surface area contributed by atoms with Crippen molar-refractivity contribution in [2.45, 2.75) is 25.6 Å². The van der Waals surface area contributed by atoms with Gasteiger partial charge in [0.15, 0.2) is 0 Å². The maximum absolute atomic E-state index is 13.4. The largest absolute Gasteiger partial charge is 0.390 e. The van der Waals surface area contributed by atoms with Crippen molar-refractivity contribution in [2.24, 2.45) is 5.11 Å². The molecule has 0 saturated carbocycles. The fourth-order valence-corrected chi connectivity index (χ4v) is 1.82. The third-order valence-electron chi connectivity index (χ3n) is 2.55. The predicted octanol–water partition coefficient (Wildman–Crippen LogP) is 2.88. The molecule has 2 unspecified atom stereocenters. The Morgan fingerprint density at radius 3 is 2.78 bits per heavy atom. The first kappa shape index (κ1) is 14.7. The van der Waals surface area contributed by atoms with E-state index in [1.165, 1.54) is 6.07 Å². The molecule has 98 valence electrons. The van der Waals surface area contributed by atoms with Crippen molar-refractivity contribution in [3.8, 4) is 0 Å². The zero-order valence-electron chi connectivity index (χ0n) is 9.72. The van der Waals surface area contributed by atoms with E-state index >= 15 is 0 Å². The van der Waals surface area contributed by atoms with Gasteiger partial charge in [0.05, 0.1) is 6.10 Å². The van der Waals surface area contributed by atoms with Gasteiger partial charge in [-0.15, -0.1) is 0 Å². The Morgan fingerprint density at radius 2 is 2.17 bits per heavy atom. The van der Waals surface area contributed by atoms with Crippen molar-refractivity contribution >= 4 is 11.6 Å². The van der Waals surface area contributed by atoms with E-state index < -0.39 is 18.0 Å². The Morgan fingerprint density at radius 1 is 1.50 bits per heavy atom. The van der Waals surface area contributed by atoms with Gasteiger partial charge in [0.1, 0.15) is 11.9 Å². The van der Waals surface area contributed by atoms with E-state index in [-0.39, 0.29) is 23.6 Å². The standard InChI is InChI=1S/C11H13ClFN3O2/c1-6-4-8(12)7(5-9(6)13)11(18)10(17)2-3-15-16-14/h4-5,10-11,17-18H,2-3H2,1H3. The molecule has 0 radical (unpaired) electrons. The first-order valence-electron chi connectivity index (χ1n) is 5.30. The fraction of sp³-hybridized carbons (Fsp3) is 0.455. The highest BCUT2D eigenvalue weighted by Crippen LogP contribution is 2.28. The van der Waals surface area contributed by atoms with Gasteiger partial charge >= 0.3 is 0 Å². The van der Waals surface area contributed by atoms with Crippen LogP contribution in [0.2, 0.25) is 5.02 Å². The maximum atomic E-state index is 13.4. The van der Waals surface area contributed by atoms with Crippen molar-refractivity contribution in [3.05, 3.63) is 44.5 Å². The molecule has 0 bridgehead atoms. The number of hydrogen-bond donors (Lipinski definition) is 2. The molecule has 0 amide bonds. The number of nitrogens with zero attached hydrogens (tertiary/aromatic N) is 3.